The summed E-state index contributed by atoms with van der Waals surface area (Å²) in [5.74, 6) is 1.89. The minimum Gasteiger partial charge on any atom is -0.493 e. The summed E-state index contributed by atoms with van der Waals surface area (Å²) in [6.45, 7) is 2.87. The number of H-pyrrole nitrogens is 1. The van der Waals surface area contributed by atoms with Gasteiger partial charge in [0.15, 0.2) is 18.1 Å². The van der Waals surface area contributed by atoms with Crippen molar-refractivity contribution in [1.82, 2.24) is 24.8 Å². The van der Waals surface area contributed by atoms with E-state index in [1.165, 1.54) is 19.2 Å². The zero-order valence-electron chi connectivity index (χ0n) is 23.0. The van der Waals surface area contributed by atoms with Gasteiger partial charge in [-0.05, 0) is 38.4 Å². The van der Waals surface area contributed by atoms with Crippen LogP contribution in [-0.2, 0) is 16.1 Å². The van der Waals surface area contributed by atoms with Gasteiger partial charge >= 0.3 is 0 Å². The van der Waals surface area contributed by atoms with E-state index < -0.39 is 0 Å². The lowest BCUT2D eigenvalue weighted by molar-refractivity contribution is -0.132. The topological polar surface area (TPSA) is 114 Å². The van der Waals surface area contributed by atoms with Gasteiger partial charge in [0.25, 0.3) is 5.91 Å². The lowest BCUT2D eigenvalue weighted by Gasteiger charge is -2.22. The molecule has 1 saturated carbocycles. The van der Waals surface area contributed by atoms with Gasteiger partial charge in [-0.1, -0.05) is 12.8 Å². The largest absolute Gasteiger partial charge is 0.493 e. The summed E-state index contributed by atoms with van der Waals surface area (Å²) < 4.78 is 23.8. The zero-order chi connectivity index (χ0) is 27.2. The molecule has 2 aliphatic rings. The van der Waals surface area contributed by atoms with E-state index in [1.54, 1.807) is 25.1 Å². The highest BCUT2D eigenvalue weighted by atomic mass is 16.6. The third-order valence-electron chi connectivity index (χ3n) is 7.29. The van der Waals surface area contributed by atoms with Gasteiger partial charge in [-0.25, -0.2) is 9.97 Å². The Hall–Kier alpha value is -3.57. The fraction of sp³-hybridized carbons (Fsp3) is 0.536. The van der Waals surface area contributed by atoms with Crippen molar-refractivity contribution in [2.24, 2.45) is 0 Å². The Morgan fingerprint density at radius 1 is 1.10 bits per heavy atom. The molecule has 2 aromatic heterocycles. The van der Waals surface area contributed by atoms with Gasteiger partial charge in [0.2, 0.25) is 5.75 Å². The number of amides is 1. The quantitative estimate of drug-likeness (QED) is 0.453. The second-order valence-corrected chi connectivity index (χ2v) is 10.2. The van der Waals surface area contributed by atoms with Crippen LogP contribution in [0.3, 0.4) is 0 Å². The van der Waals surface area contributed by atoms with Crippen LogP contribution in [0.15, 0.2) is 24.7 Å². The molecule has 0 radical (unpaired) electrons. The molecule has 1 fully saturated rings. The van der Waals surface area contributed by atoms with Crippen molar-refractivity contribution in [2.45, 2.75) is 44.8 Å². The van der Waals surface area contributed by atoms with Crippen LogP contribution in [0.1, 0.15) is 37.7 Å². The van der Waals surface area contributed by atoms with Gasteiger partial charge in [0, 0.05) is 44.2 Å². The zero-order valence-corrected chi connectivity index (χ0v) is 23.0. The van der Waals surface area contributed by atoms with Crippen LogP contribution >= 0.6 is 0 Å². The lowest BCUT2D eigenvalue weighted by atomic mass is 10.2. The van der Waals surface area contributed by atoms with E-state index in [4.69, 9.17) is 18.9 Å². The van der Waals surface area contributed by atoms with E-state index in [0.717, 1.165) is 42.4 Å². The Morgan fingerprint density at radius 2 is 1.95 bits per heavy atom. The van der Waals surface area contributed by atoms with Crippen molar-refractivity contribution in [1.29, 1.82) is 0 Å². The van der Waals surface area contributed by atoms with E-state index >= 15 is 0 Å². The van der Waals surface area contributed by atoms with Gasteiger partial charge in [0.1, 0.15) is 24.4 Å². The smallest absolute Gasteiger partial charge is 0.260 e. The number of anilines is 2. The number of likely N-dealkylation sites (N-methyl/N-ethyl adjacent to an activating group) is 1. The molecule has 11 heteroatoms. The van der Waals surface area contributed by atoms with Crippen molar-refractivity contribution in [3.8, 4) is 17.2 Å². The molecule has 3 aromatic rings. The van der Waals surface area contributed by atoms with E-state index in [9.17, 15) is 4.79 Å². The highest BCUT2D eigenvalue weighted by Gasteiger charge is 2.21. The van der Waals surface area contributed by atoms with Gasteiger partial charge in [-0.3, -0.25) is 4.79 Å². The molecule has 39 heavy (non-hydrogen) atoms. The molecular weight excluding hydrogens is 500 g/mol. The normalized spacial score (nSPS) is 17.7. The predicted molar refractivity (Wildman–Crippen MR) is 148 cm³/mol. The number of nitrogens with one attached hydrogen (secondary N) is 2. The van der Waals surface area contributed by atoms with Crippen molar-refractivity contribution in [3.63, 3.8) is 0 Å². The summed E-state index contributed by atoms with van der Waals surface area (Å²) in [7, 11) is 5.45. The number of carbonyl (C=O) groups excluding carboxylic acids is 1. The second kappa shape index (κ2) is 12.5. The number of fused-ring (bicyclic) bond motifs is 2. The molecule has 0 saturated heterocycles. The van der Waals surface area contributed by atoms with Crippen molar-refractivity contribution < 1.29 is 23.7 Å². The first-order chi connectivity index (χ1) is 19.0. The van der Waals surface area contributed by atoms with Crippen molar-refractivity contribution >= 4 is 28.4 Å². The summed E-state index contributed by atoms with van der Waals surface area (Å²) in [6.07, 6.45) is 9.27. The number of carbonyl (C=O) groups is 1. The highest BCUT2D eigenvalue weighted by Crippen LogP contribution is 2.42. The molecule has 210 valence electrons. The first-order valence-electron chi connectivity index (χ1n) is 13.6. The average molecular weight is 539 g/mol. The summed E-state index contributed by atoms with van der Waals surface area (Å²) >= 11 is 0. The molecule has 11 nitrogen and oxygen atoms in total. The summed E-state index contributed by atoms with van der Waals surface area (Å²) in [6, 6.07) is 3.64. The molecule has 0 spiro atoms. The Morgan fingerprint density at radius 3 is 2.77 bits per heavy atom. The molecule has 1 aliphatic heterocycles. The van der Waals surface area contributed by atoms with Crippen LogP contribution in [0.2, 0.25) is 0 Å². The number of hydrogen-bond acceptors (Lipinski definition) is 9. The van der Waals surface area contributed by atoms with Crippen LogP contribution < -0.4 is 19.5 Å². The van der Waals surface area contributed by atoms with Crippen LogP contribution in [0, 0.1) is 0 Å². The minimum absolute atomic E-state index is 0.108. The molecule has 1 aromatic carbocycles. The van der Waals surface area contributed by atoms with Crippen LogP contribution in [-0.4, -0.2) is 90.9 Å². The molecular formula is C28H38N6O5. The van der Waals surface area contributed by atoms with E-state index in [-0.39, 0.29) is 12.5 Å². The number of aromatic nitrogens is 3. The minimum atomic E-state index is -0.117. The molecule has 5 rings (SSSR count). The number of benzene rings is 1. The predicted octanol–water partition coefficient (Wildman–Crippen LogP) is 3.72. The average Bonchev–Trinajstić information content (AvgIpc) is 3.60. The molecule has 0 unspecified atom stereocenters. The number of methoxy groups -OCH3 is 1. The Labute approximate surface area is 228 Å². The molecule has 2 N–H and O–H groups in total. The summed E-state index contributed by atoms with van der Waals surface area (Å²) in [4.78, 5) is 29.0. The number of nitrogens with zero attached hydrogens (tertiary/aromatic N) is 4. The number of ether oxygens (including phenoxy) is 4. The Bertz CT molecular complexity index is 1270. The molecule has 2 bridgehead atoms. The van der Waals surface area contributed by atoms with Gasteiger partial charge < -0.3 is 39.0 Å². The van der Waals surface area contributed by atoms with E-state index in [0.29, 0.717) is 61.2 Å². The van der Waals surface area contributed by atoms with Crippen LogP contribution in [0.25, 0.3) is 11.0 Å². The van der Waals surface area contributed by atoms with Crippen molar-refractivity contribution in [3.05, 3.63) is 30.2 Å². The highest BCUT2D eigenvalue weighted by molar-refractivity contribution is 5.92. The monoisotopic (exact) mass is 538 g/mol. The van der Waals surface area contributed by atoms with Crippen LogP contribution in [0.5, 0.6) is 17.2 Å². The maximum Gasteiger partial charge on any atom is 0.260 e. The maximum atomic E-state index is 12.9. The third-order valence-corrected chi connectivity index (χ3v) is 7.29. The number of hydrogen-bond donors (Lipinski definition) is 2. The number of aromatic amines is 1. The molecule has 1 aliphatic carbocycles. The Balaban J connectivity index is 1.46. The maximum absolute atomic E-state index is 12.9. The van der Waals surface area contributed by atoms with Crippen molar-refractivity contribution in [2.75, 3.05) is 59.4 Å². The third kappa shape index (κ3) is 6.54. The van der Waals surface area contributed by atoms with E-state index in [1.807, 2.05) is 12.3 Å². The Kier molecular flexibility index (Phi) is 8.67. The molecule has 3 heterocycles. The summed E-state index contributed by atoms with van der Waals surface area (Å²) in [5.41, 5.74) is 2.52. The first kappa shape index (κ1) is 27.0. The first-order valence-corrected chi connectivity index (χ1v) is 13.6. The van der Waals surface area contributed by atoms with Gasteiger partial charge in [-0.2, -0.15) is 0 Å². The lowest BCUT2D eigenvalue weighted by Crippen LogP contribution is -2.33. The second-order valence-electron chi connectivity index (χ2n) is 10.2. The molecule has 1 amide bonds. The van der Waals surface area contributed by atoms with Gasteiger partial charge in [-0.15, -0.1) is 0 Å². The summed E-state index contributed by atoms with van der Waals surface area (Å²) in [5, 5.41) is 4.34. The standard InChI is InChI=1S/C28H38N6O5/c1-33-9-6-10-34(2)24(35)17-39-23-14-20(32-28-25-19(16-33)15-29-27(25)30-18-31-28)13-22(36-3)26(23)38-12-11-37-21-7-4-5-8-21/h13-15,18,21H,4-12,16-17H2,1-3H3,(H2,29,30,31,32). The number of rotatable bonds is 6. The van der Waals surface area contributed by atoms with E-state index in [2.05, 4.69) is 32.2 Å². The van der Waals surface area contributed by atoms with Gasteiger partial charge in [0.05, 0.1) is 25.2 Å². The van der Waals surface area contributed by atoms with Crippen LogP contribution in [0.4, 0.5) is 11.5 Å². The fourth-order valence-corrected chi connectivity index (χ4v) is 5.17. The fourth-order valence-electron chi connectivity index (χ4n) is 5.17. The molecule has 0 atom stereocenters. The SMILES string of the molecule is COc1cc2cc(c1OCCOC1CCCC1)OCC(=O)N(C)CCCN(C)Cc1c[nH]c3ncnc(c13)N2.